The number of nitrogens with zero attached hydrogens (tertiary/aromatic N) is 1. The summed E-state index contributed by atoms with van der Waals surface area (Å²) in [6, 6.07) is 4.67. The number of nitrogens with two attached hydrogens (primary N) is 1. The Labute approximate surface area is 104 Å². The van der Waals surface area contributed by atoms with Crippen LogP contribution in [-0.4, -0.2) is 31.1 Å². The van der Waals surface area contributed by atoms with E-state index in [1.807, 2.05) is 0 Å². The molecule has 0 bridgehead atoms. The molecule has 3 N–H and O–H groups in total. The van der Waals surface area contributed by atoms with Crippen molar-refractivity contribution in [2.75, 3.05) is 25.5 Å². The minimum Gasteiger partial charge on any atom is -0.329 e. The highest BCUT2D eigenvalue weighted by Gasteiger charge is 2.08. The van der Waals surface area contributed by atoms with E-state index >= 15 is 0 Å². The Morgan fingerprint density at radius 3 is 2.69 bits per heavy atom. The SMILES string of the molecule is CN(CCN)C(=O)Nc1ccc(Cl)c(Cl)c1. The van der Waals surface area contributed by atoms with E-state index in [4.69, 9.17) is 28.9 Å². The van der Waals surface area contributed by atoms with Gasteiger partial charge in [0.2, 0.25) is 0 Å². The number of nitrogens with one attached hydrogen (secondary N) is 1. The molecule has 16 heavy (non-hydrogen) atoms. The Morgan fingerprint density at radius 2 is 2.12 bits per heavy atom. The third kappa shape index (κ3) is 3.56. The van der Waals surface area contributed by atoms with Gasteiger partial charge in [0.25, 0.3) is 0 Å². The maximum atomic E-state index is 11.6. The maximum absolute atomic E-state index is 11.6. The summed E-state index contributed by atoms with van der Waals surface area (Å²) in [7, 11) is 1.67. The zero-order chi connectivity index (χ0) is 12.1. The predicted molar refractivity (Wildman–Crippen MR) is 67.2 cm³/mol. The Balaban J connectivity index is 2.66. The first-order valence-corrected chi connectivity index (χ1v) is 5.47. The van der Waals surface area contributed by atoms with E-state index in [2.05, 4.69) is 5.32 Å². The van der Waals surface area contributed by atoms with E-state index < -0.39 is 0 Å². The molecule has 0 aromatic heterocycles. The van der Waals surface area contributed by atoms with Crippen molar-refractivity contribution < 1.29 is 4.79 Å². The van der Waals surface area contributed by atoms with Crippen molar-refractivity contribution in [2.24, 2.45) is 5.73 Å². The van der Waals surface area contributed by atoms with Gasteiger partial charge in [-0.15, -0.1) is 0 Å². The maximum Gasteiger partial charge on any atom is 0.321 e. The molecule has 0 aliphatic rings. The smallest absolute Gasteiger partial charge is 0.321 e. The fourth-order valence-corrected chi connectivity index (χ4v) is 1.39. The molecule has 0 saturated carbocycles. The molecule has 0 radical (unpaired) electrons. The standard InChI is InChI=1S/C10H13Cl2N3O/c1-15(5-4-13)10(16)14-7-2-3-8(11)9(12)6-7/h2-3,6H,4-5,13H2,1H3,(H,14,16). The lowest BCUT2D eigenvalue weighted by molar-refractivity contribution is 0.223. The second-order valence-corrected chi connectivity index (χ2v) is 4.08. The average molecular weight is 262 g/mol. The molecule has 0 unspecified atom stereocenters. The molecule has 88 valence electrons. The summed E-state index contributed by atoms with van der Waals surface area (Å²) in [4.78, 5) is 13.1. The van der Waals surface area contributed by atoms with Crippen LogP contribution in [0.2, 0.25) is 10.0 Å². The van der Waals surface area contributed by atoms with E-state index in [0.29, 0.717) is 28.8 Å². The zero-order valence-electron chi connectivity index (χ0n) is 8.84. The van der Waals surface area contributed by atoms with E-state index in [-0.39, 0.29) is 6.03 Å². The number of hydrogen-bond acceptors (Lipinski definition) is 2. The summed E-state index contributed by atoms with van der Waals surface area (Å²) >= 11 is 11.6. The molecule has 0 spiro atoms. The lowest BCUT2D eigenvalue weighted by Crippen LogP contribution is -2.35. The minimum atomic E-state index is -0.233. The molecule has 1 aromatic rings. The molecule has 0 atom stereocenters. The van der Waals surface area contributed by atoms with Crippen molar-refractivity contribution >= 4 is 34.9 Å². The predicted octanol–water partition coefficient (Wildman–Crippen LogP) is 2.42. The van der Waals surface area contributed by atoms with Gasteiger partial charge in [0.15, 0.2) is 0 Å². The summed E-state index contributed by atoms with van der Waals surface area (Å²) in [6.45, 7) is 0.915. The number of urea groups is 1. The molecule has 1 aromatic carbocycles. The number of carbonyl (C=O) groups is 1. The summed E-state index contributed by atoms with van der Waals surface area (Å²) < 4.78 is 0. The number of halogens is 2. The highest BCUT2D eigenvalue weighted by molar-refractivity contribution is 6.42. The van der Waals surface area contributed by atoms with Crippen molar-refractivity contribution in [3.8, 4) is 0 Å². The van der Waals surface area contributed by atoms with Crippen LogP contribution in [0.15, 0.2) is 18.2 Å². The van der Waals surface area contributed by atoms with Gasteiger partial charge in [0.05, 0.1) is 10.0 Å². The summed E-state index contributed by atoms with van der Waals surface area (Å²) in [5, 5.41) is 3.54. The average Bonchev–Trinajstić information content (AvgIpc) is 2.24. The van der Waals surface area contributed by atoms with E-state index in [9.17, 15) is 4.79 Å². The van der Waals surface area contributed by atoms with Crippen LogP contribution in [0.4, 0.5) is 10.5 Å². The second-order valence-electron chi connectivity index (χ2n) is 3.27. The van der Waals surface area contributed by atoms with E-state index in [1.54, 1.807) is 25.2 Å². The molecule has 0 heterocycles. The van der Waals surface area contributed by atoms with Gasteiger partial charge in [-0.3, -0.25) is 0 Å². The van der Waals surface area contributed by atoms with Crippen LogP contribution < -0.4 is 11.1 Å². The van der Waals surface area contributed by atoms with Gasteiger partial charge >= 0.3 is 6.03 Å². The number of anilines is 1. The zero-order valence-corrected chi connectivity index (χ0v) is 10.3. The van der Waals surface area contributed by atoms with Gasteiger partial charge < -0.3 is 16.0 Å². The molecule has 6 heteroatoms. The van der Waals surface area contributed by atoms with Crippen LogP contribution in [0.3, 0.4) is 0 Å². The van der Waals surface area contributed by atoms with Crippen molar-refractivity contribution in [1.29, 1.82) is 0 Å². The van der Waals surface area contributed by atoms with Crippen molar-refractivity contribution in [3.63, 3.8) is 0 Å². The van der Waals surface area contributed by atoms with Crippen LogP contribution >= 0.6 is 23.2 Å². The molecule has 0 fully saturated rings. The van der Waals surface area contributed by atoms with Gasteiger partial charge in [-0.05, 0) is 18.2 Å². The summed E-state index contributed by atoms with van der Waals surface area (Å²) in [6.07, 6.45) is 0. The molecular weight excluding hydrogens is 249 g/mol. The largest absolute Gasteiger partial charge is 0.329 e. The number of carbonyl (C=O) groups excluding carboxylic acids is 1. The van der Waals surface area contributed by atoms with E-state index in [0.717, 1.165) is 0 Å². The van der Waals surface area contributed by atoms with Gasteiger partial charge in [-0.1, -0.05) is 23.2 Å². The Bertz CT molecular complexity index is 384. The first-order valence-electron chi connectivity index (χ1n) is 4.72. The normalized spacial score (nSPS) is 10.0. The Hall–Kier alpha value is -0.970. The summed E-state index contributed by atoms with van der Waals surface area (Å²) in [5.41, 5.74) is 5.94. The molecular formula is C10H13Cl2N3O. The number of amides is 2. The fourth-order valence-electron chi connectivity index (χ4n) is 1.09. The van der Waals surface area contributed by atoms with Crippen LogP contribution in [0.1, 0.15) is 0 Å². The number of rotatable bonds is 3. The van der Waals surface area contributed by atoms with Crippen LogP contribution in [0.5, 0.6) is 0 Å². The first-order chi connectivity index (χ1) is 7.54. The lowest BCUT2D eigenvalue weighted by atomic mass is 10.3. The third-order valence-electron chi connectivity index (χ3n) is 1.98. The third-order valence-corrected chi connectivity index (χ3v) is 2.72. The van der Waals surface area contributed by atoms with Gasteiger partial charge in [-0.25, -0.2) is 4.79 Å². The van der Waals surface area contributed by atoms with Gasteiger partial charge in [-0.2, -0.15) is 0 Å². The van der Waals surface area contributed by atoms with Crippen LogP contribution in [-0.2, 0) is 0 Å². The molecule has 0 aliphatic carbocycles. The number of likely N-dealkylation sites (N-methyl/N-ethyl adjacent to an activating group) is 1. The van der Waals surface area contributed by atoms with Gasteiger partial charge in [0, 0.05) is 25.8 Å². The number of hydrogen-bond donors (Lipinski definition) is 2. The molecule has 0 aliphatic heterocycles. The monoisotopic (exact) mass is 261 g/mol. The Kier molecular flexibility index (Phi) is 4.86. The fraction of sp³-hybridized carbons (Fsp3) is 0.300. The quantitative estimate of drug-likeness (QED) is 0.878. The molecule has 2 amide bonds. The van der Waals surface area contributed by atoms with Gasteiger partial charge in [0.1, 0.15) is 0 Å². The highest BCUT2D eigenvalue weighted by atomic mass is 35.5. The van der Waals surface area contributed by atoms with Crippen molar-refractivity contribution in [1.82, 2.24) is 4.90 Å². The van der Waals surface area contributed by atoms with E-state index in [1.165, 1.54) is 4.90 Å². The highest BCUT2D eigenvalue weighted by Crippen LogP contribution is 2.24. The second kappa shape index (κ2) is 5.94. The minimum absolute atomic E-state index is 0.233. The lowest BCUT2D eigenvalue weighted by Gasteiger charge is -2.16. The Morgan fingerprint density at radius 1 is 1.44 bits per heavy atom. The van der Waals surface area contributed by atoms with Crippen molar-refractivity contribution in [2.45, 2.75) is 0 Å². The van der Waals surface area contributed by atoms with Crippen molar-refractivity contribution in [3.05, 3.63) is 28.2 Å². The van der Waals surface area contributed by atoms with Crippen LogP contribution in [0, 0.1) is 0 Å². The van der Waals surface area contributed by atoms with Crippen LogP contribution in [0.25, 0.3) is 0 Å². The first kappa shape index (κ1) is 13.1. The topological polar surface area (TPSA) is 58.4 Å². The number of benzene rings is 1. The molecule has 0 saturated heterocycles. The summed E-state index contributed by atoms with van der Waals surface area (Å²) in [5.74, 6) is 0. The molecule has 1 rings (SSSR count). The molecule has 4 nitrogen and oxygen atoms in total.